The number of anilines is 1. The molecule has 0 saturated carbocycles. The van der Waals surface area contributed by atoms with Gasteiger partial charge in [0.25, 0.3) is 0 Å². The SMILES string of the molecule is CN=C(NCc1ccccc1-n1nc(C)cc1C)NC1CCN(c2ncccc2F)C1. The summed E-state index contributed by atoms with van der Waals surface area (Å²) < 4.78 is 16.0. The Hall–Kier alpha value is -3.42. The number of pyridine rings is 1. The first-order chi connectivity index (χ1) is 15.0. The average molecular weight is 422 g/mol. The molecule has 7 nitrogen and oxygen atoms in total. The molecule has 162 valence electrons. The van der Waals surface area contributed by atoms with E-state index in [-0.39, 0.29) is 11.9 Å². The number of guanidine groups is 1. The molecule has 3 heterocycles. The first-order valence-corrected chi connectivity index (χ1v) is 10.5. The van der Waals surface area contributed by atoms with Crippen LogP contribution < -0.4 is 15.5 Å². The Morgan fingerprint density at radius 2 is 2.06 bits per heavy atom. The fourth-order valence-corrected chi connectivity index (χ4v) is 3.99. The lowest BCUT2D eigenvalue weighted by atomic mass is 10.1. The minimum Gasteiger partial charge on any atom is -0.352 e. The maximum atomic E-state index is 14.0. The number of hydrogen-bond acceptors (Lipinski definition) is 4. The molecule has 0 aliphatic carbocycles. The van der Waals surface area contributed by atoms with E-state index in [2.05, 4.69) is 50.8 Å². The van der Waals surface area contributed by atoms with Crippen molar-refractivity contribution < 1.29 is 4.39 Å². The fraction of sp³-hybridized carbons (Fsp3) is 0.348. The molecule has 2 N–H and O–H groups in total. The predicted molar refractivity (Wildman–Crippen MR) is 121 cm³/mol. The van der Waals surface area contributed by atoms with Crippen molar-refractivity contribution in [2.45, 2.75) is 32.9 Å². The van der Waals surface area contributed by atoms with Crippen molar-refractivity contribution in [2.75, 3.05) is 25.0 Å². The van der Waals surface area contributed by atoms with Gasteiger partial charge in [-0.25, -0.2) is 14.1 Å². The van der Waals surface area contributed by atoms with Gasteiger partial charge < -0.3 is 15.5 Å². The number of halogens is 1. The summed E-state index contributed by atoms with van der Waals surface area (Å²) in [6.45, 7) is 6.10. The van der Waals surface area contributed by atoms with Crippen LogP contribution in [0.25, 0.3) is 5.69 Å². The Balaban J connectivity index is 1.39. The second-order valence-electron chi connectivity index (χ2n) is 7.78. The van der Waals surface area contributed by atoms with Crippen molar-refractivity contribution in [3.63, 3.8) is 0 Å². The van der Waals surface area contributed by atoms with Crippen LogP contribution in [0, 0.1) is 19.7 Å². The number of para-hydroxylation sites is 1. The lowest BCUT2D eigenvalue weighted by Crippen LogP contribution is -2.44. The van der Waals surface area contributed by atoms with Gasteiger partial charge in [-0.3, -0.25) is 4.99 Å². The highest BCUT2D eigenvalue weighted by Crippen LogP contribution is 2.21. The van der Waals surface area contributed by atoms with Crippen LogP contribution in [-0.2, 0) is 6.54 Å². The number of benzene rings is 1. The molecule has 31 heavy (non-hydrogen) atoms. The average Bonchev–Trinajstić information content (AvgIpc) is 3.37. The number of rotatable bonds is 5. The number of aryl methyl sites for hydroxylation is 2. The lowest BCUT2D eigenvalue weighted by molar-refractivity contribution is 0.612. The molecule has 1 atom stereocenters. The quantitative estimate of drug-likeness (QED) is 0.490. The third kappa shape index (κ3) is 4.68. The van der Waals surface area contributed by atoms with Crippen LogP contribution in [0.15, 0.2) is 53.7 Å². The van der Waals surface area contributed by atoms with Crippen LogP contribution >= 0.6 is 0 Å². The monoisotopic (exact) mass is 421 g/mol. The number of nitrogens with one attached hydrogen (secondary N) is 2. The first kappa shape index (κ1) is 20.8. The fourth-order valence-electron chi connectivity index (χ4n) is 3.99. The lowest BCUT2D eigenvalue weighted by Gasteiger charge is -2.20. The Morgan fingerprint density at radius 1 is 1.23 bits per heavy atom. The van der Waals surface area contributed by atoms with Crippen LogP contribution in [0.3, 0.4) is 0 Å². The Morgan fingerprint density at radius 3 is 2.81 bits per heavy atom. The molecule has 1 saturated heterocycles. The van der Waals surface area contributed by atoms with E-state index in [1.807, 2.05) is 28.6 Å². The molecule has 1 fully saturated rings. The van der Waals surface area contributed by atoms with Crippen LogP contribution in [0.4, 0.5) is 10.2 Å². The van der Waals surface area contributed by atoms with Crippen molar-refractivity contribution in [1.82, 2.24) is 25.4 Å². The number of hydrogen-bond donors (Lipinski definition) is 2. The molecule has 0 bridgehead atoms. The van der Waals surface area contributed by atoms with Crippen LogP contribution in [0.5, 0.6) is 0 Å². The topological polar surface area (TPSA) is 70.4 Å². The second kappa shape index (κ2) is 9.16. The summed E-state index contributed by atoms with van der Waals surface area (Å²) in [4.78, 5) is 10.5. The second-order valence-corrected chi connectivity index (χ2v) is 7.78. The minimum absolute atomic E-state index is 0.166. The Kier molecular flexibility index (Phi) is 6.16. The van der Waals surface area contributed by atoms with E-state index in [9.17, 15) is 4.39 Å². The molecule has 0 amide bonds. The van der Waals surface area contributed by atoms with Gasteiger partial charge in [-0.15, -0.1) is 0 Å². The van der Waals surface area contributed by atoms with E-state index in [0.717, 1.165) is 41.6 Å². The van der Waals surface area contributed by atoms with Crippen LogP contribution in [-0.4, -0.2) is 46.9 Å². The summed E-state index contributed by atoms with van der Waals surface area (Å²) in [6.07, 6.45) is 2.51. The minimum atomic E-state index is -0.286. The van der Waals surface area contributed by atoms with Gasteiger partial charge in [0.05, 0.1) is 11.4 Å². The highest BCUT2D eigenvalue weighted by atomic mass is 19.1. The van der Waals surface area contributed by atoms with Gasteiger partial charge in [0.1, 0.15) is 0 Å². The van der Waals surface area contributed by atoms with Gasteiger partial charge in [-0.1, -0.05) is 18.2 Å². The summed E-state index contributed by atoms with van der Waals surface area (Å²) in [5, 5.41) is 11.5. The molecule has 0 spiro atoms. The van der Waals surface area contributed by atoms with Crippen molar-refractivity contribution in [1.29, 1.82) is 0 Å². The largest absolute Gasteiger partial charge is 0.352 e. The molecule has 2 aromatic heterocycles. The molecule has 8 heteroatoms. The van der Waals surface area contributed by atoms with E-state index in [0.29, 0.717) is 18.9 Å². The standard InChI is InChI=1S/C23H28FN7/c1-16-13-17(2)31(29-16)21-9-5-4-7-18(21)14-27-23(25-3)28-19-10-12-30(15-19)22-20(24)8-6-11-26-22/h4-9,11,13,19H,10,12,14-15H2,1-3H3,(H2,25,27,28). The van der Waals surface area contributed by atoms with Crippen molar-refractivity contribution in [3.05, 3.63) is 71.4 Å². The van der Waals surface area contributed by atoms with Gasteiger partial charge in [-0.05, 0) is 50.1 Å². The number of aromatic nitrogens is 3. The van der Waals surface area contributed by atoms with Crippen molar-refractivity contribution in [2.24, 2.45) is 4.99 Å². The van der Waals surface area contributed by atoms with E-state index in [1.54, 1.807) is 19.3 Å². The molecule has 0 radical (unpaired) electrons. The van der Waals surface area contributed by atoms with Gasteiger partial charge in [0, 0.05) is 44.6 Å². The molecule has 1 unspecified atom stereocenters. The number of nitrogens with zero attached hydrogens (tertiary/aromatic N) is 5. The summed E-state index contributed by atoms with van der Waals surface area (Å²) in [5.41, 5.74) is 4.27. The molecule has 4 rings (SSSR count). The normalized spacial score (nSPS) is 16.6. The van der Waals surface area contributed by atoms with Crippen molar-refractivity contribution in [3.8, 4) is 5.69 Å². The highest BCUT2D eigenvalue weighted by Gasteiger charge is 2.26. The van der Waals surface area contributed by atoms with E-state index in [4.69, 9.17) is 0 Å². The van der Waals surface area contributed by atoms with E-state index in [1.165, 1.54) is 6.07 Å². The van der Waals surface area contributed by atoms with Gasteiger partial charge >= 0.3 is 0 Å². The van der Waals surface area contributed by atoms with E-state index < -0.39 is 0 Å². The molecule has 1 aliphatic rings. The molecular formula is C23H28FN7. The maximum absolute atomic E-state index is 14.0. The maximum Gasteiger partial charge on any atom is 0.191 e. The van der Waals surface area contributed by atoms with E-state index >= 15 is 0 Å². The Bertz CT molecular complexity index is 1080. The predicted octanol–water partition coefficient (Wildman–Crippen LogP) is 2.97. The molecule has 1 aliphatic heterocycles. The smallest absolute Gasteiger partial charge is 0.191 e. The number of aliphatic imine (C=N–C) groups is 1. The third-order valence-electron chi connectivity index (χ3n) is 5.47. The zero-order chi connectivity index (χ0) is 21.8. The van der Waals surface area contributed by atoms with Gasteiger partial charge in [-0.2, -0.15) is 5.10 Å². The summed E-state index contributed by atoms with van der Waals surface area (Å²) in [5.74, 6) is 0.844. The first-order valence-electron chi connectivity index (χ1n) is 10.5. The third-order valence-corrected chi connectivity index (χ3v) is 5.47. The summed E-state index contributed by atoms with van der Waals surface area (Å²) in [6, 6.07) is 13.5. The molecule has 3 aromatic rings. The zero-order valence-electron chi connectivity index (χ0n) is 18.1. The zero-order valence-corrected chi connectivity index (χ0v) is 18.1. The summed E-state index contributed by atoms with van der Waals surface area (Å²) in [7, 11) is 1.76. The highest BCUT2D eigenvalue weighted by molar-refractivity contribution is 5.80. The molecular weight excluding hydrogens is 393 g/mol. The van der Waals surface area contributed by atoms with Gasteiger partial charge in [0.2, 0.25) is 0 Å². The van der Waals surface area contributed by atoms with Crippen molar-refractivity contribution >= 4 is 11.8 Å². The molecule has 1 aromatic carbocycles. The summed E-state index contributed by atoms with van der Waals surface area (Å²) >= 11 is 0. The van der Waals surface area contributed by atoms with Crippen LogP contribution in [0.1, 0.15) is 23.4 Å². The van der Waals surface area contributed by atoms with Crippen LogP contribution in [0.2, 0.25) is 0 Å². The van der Waals surface area contributed by atoms with Gasteiger partial charge in [0.15, 0.2) is 17.6 Å². The Labute approximate surface area is 182 Å².